The molecule has 0 unspecified atom stereocenters. The topological polar surface area (TPSA) is 74.1 Å². The Morgan fingerprint density at radius 1 is 1.12 bits per heavy atom. The lowest BCUT2D eigenvalue weighted by atomic mass is 10.2. The van der Waals surface area contributed by atoms with E-state index in [0.717, 1.165) is 40.8 Å². The molecule has 4 rings (SSSR count). The van der Waals surface area contributed by atoms with Crippen molar-refractivity contribution in [2.45, 2.75) is 13.0 Å². The van der Waals surface area contributed by atoms with E-state index in [1.165, 1.54) is 12.1 Å². The Morgan fingerprint density at radius 3 is 2.66 bits per heavy atom. The van der Waals surface area contributed by atoms with Crippen molar-refractivity contribution in [1.29, 1.82) is 0 Å². The molecule has 0 saturated carbocycles. The monoisotopic (exact) mass is 431 g/mol. The third kappa shape index (κ3) is 5.21. The predicted octanol–water partition coefficient (Wildman–Crippen LogP) is 3.65. The number of benzene rings is 2. The number of aromatic nitrogens is 4. The summed E-state index contributed by atoms with van der Waals surface area (Å²) in [6.45, 7) is 1.29. The standard InChI is InChI=1S/C24H26FN7/c1-26-24(31(2)17-23-28-16-22(29-23)18-6-4-3-5-7-18)27-14-12-20-13-15-32(30-20)21-10-8-19(25)9-11-21/h3-11,13,15-16H,12,14,17H2,1-2H3,(H,26,27)(H,28,29). The minimum Gasteiger partial charge on any atom is -0.356 e. The van der Waals surface area contributed by atoms with Gasteiger partial charge in [0.2, 0.25) is 0 Å². The zero-order valence-electron chi connectivity index (χ0n) is 18.2. The second-order valence-electron chi connectivity index (χ2n) is 7.42. The molecule has 2 N–H and O–H groups in total. The molecular formula is C24H26FN7. The van der Waals surface area contributed by atoms with Gasteiger partial charge in [-0.1, -0.05) is 30.3 Å². The first-order chi connectivity index (χ1) is 15.6. The normalized spacial score (nSPS) is 11.5. The van der Waals surface area contributed by atoms with Crippen LogP contribution in [-0.4, -0.2) is 51.2 Å². The van der Waals surface area contributed by atoms with E-state index in [9.17, 15) is 4.39 Å². The van der Waals surface area contributed by atoms with Crippen LogP contribution in [0.1, 0.15) is 11.5 Å². The van der Waals surface area contributed by atoms with Gasteiger partial charge in [-0.3, -0.25) is 4.99 Å². The van der Waals surface area contributed by atoms with E-state index in [2.05, 4.69) is 37.5 Å². The van der Waals surface area contributed by atoms with Crippen molar-refractivity contribution in [3.05, 3.63) is 90.4 Å². The summed E-state index contributed by atoms with van der Waals surface area (Å²) in [6.07, 6.45) is 4.47. The van der Waals surface area contributed by atoms with Crippen LogP contribution in [0.3, 0.4) is 0 Å². The summed E-state index contributed by atoms with van der Waals surface area (Å²) in [6, 6.07) is 18.4. The Hall–Kier alpha value is -3.94. The molecule has 0 fully saturated rings. The Balaban J connectivity index is 1.29. The molecule has 0 amide bonds. The van der Waals surface area contributed by atoms with Gasteiger partial charge in [0.1, 0.15) is 11.6 Å². The smallest absolute Gasteiger partial charge is 0.193 e. The number of nitrogens with zero attached hydrogens (tertiary/aromatic N) is 5. The van der Waals surface area contributed by atoms with Crippen molar-refractivity contribution < 1.29 is 4.39 Å². The molecule has 0 saturated heterocycles. The van der Waals surface area contributed by atoms with Gasteiger partial charge in [-0.15, -0.1) is 0 Å². The molecule has 32 heavy (non-hydrogen) atoms. The average molecular weight is 432 g/mol. The molecule has 2 heterocycles. The first-order valence-electron chi connectivity index (χ1n) is 10.4. The van der Waals surface area contributed by atoms with Crippen LogP contribution in [0, 0.1) is 5.82 Å². The summed E-state index contributed by atoms with van der Waals surface area (Å²) in [4.78, 5) is 14.3. The summed E-state index contributed by atoms with van der Waals surface area (Å²) in [5.41, 5.74) is 3.87. The average Bonchev–Trinajstić information content (AvgIpc) is 3.48. The number of hydrogen-bond donors (Lipinski definition) is 2. The van der Waals surface area contributed by atoms with Crippen molar-refractivity contribution in [3.8, 4) is 16.9 Å². The van der Waals surface area contributed by atoms with Crippen LogP contribution in [0.25, 0.3) is 16.9 Å². The molecule has 0 aliphatic heterocycles. The molecule has 0 aliphatic carbocycles. The van der Waals surface area contributed by atoms with Gasteiger partial charge in [0.15, 0.2) is 5.96 Å². The summed E-state index contributed by atoms with van der Waals surface area (Å²) >= 11 is 0. The number of hydrogen-bond acceptors (Lipinski definition) is 3. The Bertz CT molecular complexity index is 1160. The van der Waals surface area contributed by atoms with Gasteiger partial charge >= 0.3 is 0 Å². The number of imidazole rings is 1. The second-order valence-corrected chi connectivity index (χ2v) is 7.42. The van der Waals surface area contributed by atoms with Crippen molar-refractivity contribution in [3.63, 3.8) is 0 Å². The first-order valence-corrected chi connectivity index (χ1v) is 10.4. The van der Waals surface area contributed by atoms with Crippen LogP contribution >= 0.6 is 0 Å². The number of aliphatic imine (C=N–C) groups is 1. The van der Waals surface area contributed by atoms with Crippen molar-refractivity contribution in [2.75, 3.05) is 20.6 Å². The van der Waals surface area contributed by atoms with E-state index < -0.39 is 0 Å². The van der Waals surface area contributed by atoms with Crippen LogP contribution in [-0.2, 0) is 13.0 Å². The summed E-state index contributed by atoms with van der Waals surface area (Å²) in [5.74, 6) is 1.39. The lowest BCUT2D eigenvalue weighted by Crippen LogP contribution is -2.39. The number of H-pyrrole nitrogens is 1. The zero-order chi connectivity index (χ0) is 22.3. The number of rotatable bonds is 7. The van der Waals surface area contributed by atoms with E-state index in [1.807, 2.05) is 48.6 Å². The maximum absolute atomic E-state index is 13.1. The molecule has 2 aromatic heterocycles. The molecule has 0 spiro atoms. The summed E-state index contributed by atoms with van der Waals surface area (Å²) in [7, 11) is 3.74. The third-order valence-corrected chi connectivity index (χ3v) is 5.07. The highest BCUT2D eigenvalue weighted by Gasteiger charge is 2.10. The molecular weight excluding hydrogens is 405 g/mol. The van der Waals surface area contributed by atoms with Gasteiger partial charge in [-0.2, -0.15) is 5.10 Å². The highest BCUT2D eigenvalue weighted by Crippen LogP contribution is 2.16. The zero-order valence-corrected chi connectivity index (χ0v) is 18.2. The third-order valence-electron chi connectivity index (χ3n) is 5.07. The fourth-order valence-electron chi connectivity index (χ4n) is 3.43. The fraction of sp³-hybridized carbons (Fsp3) is 0.208. The van der Waals surface area contributed by atoms with Crippen molar-refractivity contribution >= 4 is 5.96 Å². The molecule has 0 atom stereocenters. The first kappa shape index (κ1) is 21.3. The van der Waals surface area contributed by atoms with Crippen LogP contribution in [0.5, 0.6) is 0 Å². The van der Waals surface area contributed by atoms with Gasteiger partial charge < -0.3 is 15.2 Å². The van der Waals surface area contributed by atoms with Gasteiger partial charge in [-0.25, -0.2) is 14.1 Å². The Kier molecular flexibility index (Phi) is 6.60. The molecule has 8 heteroatoms. The molecule has 0 bridgehead atoms. The van der Waals surface area contributed by atoms with Gasteiger partial charge in [-0.05, 0) is 35.9 Å². The number of nitrogens with one attached hydrogen (secondary N) is 2. The second kappa shape index (κ2) is 9.91. The maximum atomic E-state index is 13.1. The molecule has 2 aromatic carbocycles. The lowest BCUT2D eigenvalue weighted by Gasteiger charge is -2.20. The van der Waals surface area contributed by atoms with Crippen molar-refractivity contribution in [2.24, 2.45) is 4.99 Å². The van der Waals surface area contributed by atoms with Gasteiger partial charge in [0.05, 0.1) is 29.8 Å². The molecule has 164 valence electrons. The molecule has 0 radical (unpaired) electrons. The number of guanidine groups is 1. The van der Waals surface area contributed by atoms with E-state index in [0.29, 0.717) is 13.1 Å². The molecule has 7 nitrogen and oxygen atoms in total. The maximum Gasteiger partial charge on any atom is 0.193 e. The van der Waals surface area contributed by atoms with Crippen LogP contribution in [0.4, 0.5) is 4.39 Å². The highest BCUT2D eigenvalue weighted by molar-refractivity contribution is 5.79. The van der Waals surface area contributed by atoms with Gasteiger partial charge in [0.25, 0.3) is 0 Å². The van der Waals surface area contributed by atoms with Crippen molar-refractivity contribution in [1.82, 2.24) is 30.0 Å². The highest BCUT2D eigenvalue weighted by atomic mass is 19.1. The Labute approximate surface area is 186 Å². The predicted molar refractivity (Wildman–Crippen MR) is 124 cm³/mol. The summed E-state index contributed by atoms with van der Waals surface area (Å²) < 4.78 is 14.9. The van der Waals surface area contributed by atoms with E-state index in [1.54, 1.807) is 23.9 Å². The summed E-state index contributed by atoms with van der Waals surface area (Å²) in [5, 5.41) is 7.93. The van der Waals surface area contributed by atoms with E-state index in [-0.39, 0.29) is 5.82 Å². The van der Waals surface area contributed by atoms with E-state index >= 15 is 0 Å². The Morgan fingerprint density at radius 2 is 1.91 bits per heavy atom. The number of aromatic amines is 1. The van der Waals surface area contributed by atoms with Crippen LogP contribution in [0.2, 0.25) is 0 Å². The quantitative estimate of drug-likeness (QED) is 0.346. The minimum atomic E-state index is -0.258. The van der Waals surface area contributed by atoms with E-state index in [4.69, 9.17) is 0 Å². The molecule has 0 aliphatic rings. The lowest BCUT2D eigenvalue weighted by molar-refractivity contribution is 0.464. The fourth-order valence-corrected chi connectivity index (χ4v) is 3.43. The largest absolute Gasteiger partial charge is 0.356 e. The molecule has 4 aromatic rings. The van der Waals surface area contributed by atoms with Gasteiger partial charge in [0, 0.05) is 33.3 Å². The van der Waals surface area contributed by atoms with Crippen LogP contribution < -0.4 is 5.32 Å². The SMILES string of the molecule is CN=C(NCCc1ccn(-c2ccc(F)cc2)n1)N(C)Cc1ncc(-c2ccccc2)[nH]1. The minimum absolute atomic E-state index is 0.258. The number of halogens is 1. The van der Waals surface area contributed by atoms with Crippen LogP contribution in [0.15, 0.2) is 78.0 Å².